The van der Waals surface area contributed by atoms with Crippen LogP contribution < -0.4 is 10.9 Å². The number of aromatic nitrogens is 2. The molecule has 0 radical (unpaired) electrons. The molecule has 1 aliphatic rings. The molecule has 0 unspecified atom stereocenters. The SMILES string of the molecule is O=c1[nH]c(CNC2COC2)nc2ccsc12. The average molecular weight is 237 g/mol. The molecule has 2 N–H and O–H groups in total. The second kappa shape index (κ2) is 3.97. The molecule has 5 nitrogen and oxygen atoms in total. The van der Waals surface area contributed by atoms with Crippen LogP contribution in [0.3, 0.4) is 0 Å². The first kappa shape index (κ1) is 9.95. The summed E-state index contributed by atoms with van der Waals surface area (Å²) in [6.45, 7) is 2.06. The van der Waals surface area contributed by atoms with Crippen molar-refractivity contribution < 1.29 is 4.74 Å². The van der Waals surface area contributed by atoms with E-state index in [1.54, 1.807) is 0 Å². The summed E-state index contributed by atoms with van der Waals surface area (Å²) in [4.78, 5) is 18.8. The van der Waals surface area contributed by atoms with Crippen LogP contribution in [0.25, 0.3) is 10.2 Å². The van der Waals surface area contributed by atoms with Crippen LogP contribution in [-0.2, 0) is 11.3 Å². The monoisotopic (exact) mass is 237 g/mol. The van der Waals surface area contributed by atoms with Gasteiger partial charge in [0.25, 0.3) is 5.56 Å². The molecular weight excluding hydrogens is 226 g/mol. The highest BCUT2D eigenvalue weighted by molar-refractivity contribution is 7.17. The Kier molecular flexibility index (Phi) is 2.47. The fourth-order valence-corrected chi connectivity index (χ4v) is 2.33. The minimum Gasteiger partial charge on any atom is -0.378 e. The number of nitrogens with zero attached hydrogens (tertiary/aromatic N) is 1. The summed E-state index contributed by atoms with van der Waals surface area (Å²) in [5, 5.41) is 5.14. The van der Waals surface area contributed by atoms with Crippen molar-refractivity contribution >= 4 is 21.6 Å². The third kappa shape index (κ3) is 1.75. The van der Waals surface area contributed by atoms with E-state index in [0.29, 0.717) is 23.1 Å². The van der Waals surface area contributed by atoms with Gasteiger partial charge in [-0.25, -0.2) is 4.98 Å². The van der Waals surface area contributed by atoms with Crippen molar-refractivity contribution in [1.82, 2.24) is 15.3 Å². The normalized spacial score (nSPS) is 16.5. The fourth-order valence-electron chi connectivity index (χ4n) is 1.60. The molecule has 0 spiro atoms. The first-order valence-electron chi connectivity index (χ1n) is 5.10. The molecule has 0 aliphatic carbocycles. The van der Waals surface area contributed by atoms with Crippen LogP contribution >= 0.6 is 11.3 Å². The van der Waals surface area contributed by atoms with Crippen LogP contribution in [0.15, 0.2) is 16.2 Å². The zero-order valence-corrected chi connectivity index (χ0v) is 9.34. The molecule has 0 atom stereocenters. The number of fused-ring (bicyclic) bond motifs is 1. The molecule has 0 bridgehead atoms. The van der Waals surface area contributed by atoms with Crippen molar-refractivity contribution in [2.75, 3.05) is 13.2 Å². The van der Waals surface area contributed by atoms with E-state index in [2.05, 4.69) is 15.3 Å². The number of H-pyrrole nitrogens is 1. The maximum atomic E-state index is 11.7. The maximum Gasteiger partial charge on any atom is 0.268 e. The highest BCUT2D eigenvalue weighted by Gasteiger charge is 2.17. The summed E-state index contributed by atoms with van der Waals surface area (Å²) in [6.07, 6.45) is 0. The van der Waals surface area contributed by atoms with Gasteiger partial charge in [-0.15, -0.1) is 11.3 Å². The molecular formula is C10H11N3O2S. The molecule has 2 aromatic rings. The Labute approximate surface area is 95.5 Å². The van der Waals surface area contributed by atoms with Gasteiger partial charge in [0.2, 0.25) is 0 Å². The van der Waals surface area contributed by atoms with E-state index in [1.165, 1.54) is 11.3 Å². The lowest BCUT2D eigenvalue weighted by atomic mass is 10.2. The van der Waals surface area contributed by atoms with Crippen molar-refractivity contribution in [3.05, 3.63) is 27.6 Å². The van der Waals surface area contributed by atoms with Gasteiger partial charge >= 0.3 is 0 Å². The van der Waals surface area contributed by atoms with E-state index in [1.807, 2.05) is 11.4 Å². The van der Waals surface area contributed by atoms with E-state index in [0.717, 1.165) is 18.7 Å². The number of rotatable bonds is 3. The summed E-state index contributed by atoms with van der Waals surface area (Å²) in [5.74, 6) is 0.683. The van der Waals surface area contributed by atoms with Crippen LogP contribution in [0.1, 0.15) is 5.82 Å². The zero-order chi connectivity index (χ0) is 11.0. The molecule has 2 aromatic heterocycles. The molecule has 16 heavy (non-hydrogen) atoms. The van der Waals surface area contributed by atoms with Crippen LogP contribution in [0.2, 0.25) is 0 Å². The van der Waals surface area contributed by atoms with Gasteiger partial charge in [-0.2, -0.15) is 0 Å². The summed E-state index contributed by atoms with van der Waals surface area (Å²) >= 11 is 1.42. The van der Waals surface area contributed by atoms with E-state index < -0.39 is 0 Å². The third-order valence-corrected chi connectivity index (χ3v) is 3.46. The third-order valence-electron chi connectivity index (χ3n) is 2.56. The van der Waals surface area contributed by atoms with Crippen LogP contribution in [0.5, 0.6) is 0 Å². The largest absolute Gasteiger partial charge is 0.378 e. The van der Waals surface area contributed by atoms with Crippen LogP contribution in [0.4, 0.5) is 0 Å². The van der Waals surface area contributed by atoms with Crippen molar-refractivity contribution in [2.45, 2.75) is 12.6 Å². The van der Waals surface area contributed by atoms with Gasteiger partial charge in [0.05, 0.1) is 31.3 Å². The van der Waals surface area contributed by atoms with E-state index in [-0.39, 0.29) is 5.56 Å². The van der Waals surface area contributed by atoms with Gasteiger partial charge in [-0.05, 0) is 11.4 Å². The fraction of sp³-hybridized carbons (Fsp3) is 0.400. The maximum absolute atomic E-state index is 11.7. The van der Waals surface area contributed by atoms with Crippen LogP contribution in [0, 0.1) is 0 Å². The molecule has 0 saturated carbocycles. The Bertz CT molecular complexity index is 558. The van der Waals surface area contributed by atoms with Gasteiger partial charge in [-0.1, -0.05) is 0 Å². The summed E-state index contributed by atoms with van der Waals surface area (Å²) in [5.41, 5.74) is 0.720. The highest BCUT2D eigenvalue weighted by Crippen LogP contribution is 2.13. The number of ether oxygens (including phenoxy) is 1. The molecule has 1 saturated heterocycles. The Hall–Kier alpha value is -1.24. The Morgan fingerprint density at radius 1 is 1.62 bits per heavy atom. The highest BCUT2D eigenvalue weighted by atomic mass is 32.1. The first-order valence-corrected chi connectivity index (χ1v) is 5.98. The molecule has 1 fully saturated rings. The number of hydrogen-bond donors (Lipinski definition) is 2. The average Bonchev–Trinajstić information content (AvgIpc) is 2.63. The summed E-state index contributed by atoms with van der Waals surface area (Å²) < 4.78 is 5.74. The smallest absolute Gasteiger partial charge is 0.268 e. The number of nitrogens with one attached hydrogen (secondary N) is 2. The molecule has 0 amide bonds. The number of aromatic amines is 1. The second-order valence-electron chi connectivity index (χ2n) is 3.76. The van der Waals surface area contributed by atoms with Gasteiger partial charge in [0.1, 0.15) is 10.5 Å². The van der Waals surface area contributed by atoms with Crippen LogP contribution in [-0.4, -0.2) is 29.2 Å². The molecule has 3 rings (SSSR count). The van der Waals surface area contributed by atoms with Gasteiger partial charge in [0, 0.05) is 0 Å². The predicted octanol–water partition coefficient (Wildman–Crippen LogP) is 0.473. The molecule has 6 heteroatoms. The first-order chi connectivity index (χ1) is 7.83. The van der Waals surface area contributed by atoms with Crippen molar-refractivity contribution in [3.8, 4) is 0 Å². The van der Waals surface area contributed by atoms with E-state index in [9.17, 15) is 4.79 Å². The summed E-state index contributed by atoms with van der Waals surface area (Å²) in [7, 11) is 0. The Balaban J connectivity index is 1.83. The quantitative estimate of drug-likeness (QED) is 0.814. The van der Waals surface area contributed by atoms with Gasteiger partial charge in [0.15, 0.2) is 0 Å². The lowest BCUT2D eigenvalue weighted by Gasteiger charge is -2.26. The second-order valence-corrected chi connectivity index (χ2v) is 4.68. The van der Waals surface area contributed by atoms with Crippen molar-refractivity contribution in [2.24, 2.45) is 0 Å². The van der Waals surface area contributed by atoms with Gasteiger partial charge < -0.3 is 15.0 Å². The molecule has 3 heterocycles. The lowest BCUT2D eigenvalue weighted by Crippen LogP contribution is -2.45. The topological polar surface area (TPSA) is 67.0 Å². The van der Waals surface area contributed by atoms with Gasteiger partial charge in [-0.3, -0.25) is 4.79 Å². The van der Waals surface area contributed by atoms with E-state index in [4.69, 9.17) is 4.74 Å². The minimum atomic E-state index is -0.0540. The minimum absolute atomic E-state index is 0.0540. The lowest BCUT2D eigenvalue weighted by molar-refractivity contribution is -0.00604. The Morgan fingerprint density at radius 3 is 3.25 bits per heavy atom. The Morgan fingerprint density at radius 2 is 2.50 bits per heavy atom. The van der Waals surface area contributed by atoms with Crippen molar-refractivity contribution in [3.63, 3.8) is 0 Å². The number of hydrogen-bond acceptors (Lipinski definition) is 5. The zero-order valence-electron chi connectivity index (χ0n) is 8.53. The predicted molar refractivity (Wildman–Crippen MR) is 61.7 cm³/mol. The molecule has 84 valence electrons. The van der Waals surface area contributed by atoms with E-state index >= 15 is 0 Å². The molecule has 1 aliphatic heterocycles. The van der Waals surface area contributed by atoms with Crippen molar-refractivity contribution in [1.29, 1.82) is 0 Å². The number of thiophene rings is 1. The summed E-state index contributed by atoms with van der Waals surface area (Å²) in [6, 6.07) is 2.26. The molecule has 0 aromatic carbocycles. The standard InChI is InChI=1S/C10H11N3O2S/c14-10-9-7(1-2-16-9)12-8(13-10)3-11-6-4-15-5-6/h1-2,6,11H,3-5H2,(H,12,13,14).